The summed E-state index contributed by atoms with van der Waals surface area (Å²) in [5.74, 6) is 1.91. The molecular formula is C16H19N5. The fourth-order valence-corrected chi connectivity index (χ4v) is 2.47. The number of pyridine rings is 1. The molecule has 0 bridgehead atoms. The van der Waals surface area contributed by atoms with E-state index in [1.54, 1.807) is 6.20 Å². The normalized spacial score (nSPS) is 11.0. The van der Waals surface area contributed by atoms with Gasteiger partial charge in [-0.2, -0.15) is 0 Å². The van der Waals surface area contributed by atoms with Gasteiger partial charge in [-0.3, -0.25) is 0 Å². The van der Waals surface area contributed by atoms with Crippen LogP contribution in [0.1, 0.15) is 11.4 Å². The number of hydrogen-bond donors (Lipinski definition) is 1. The van der Waals surface area contributed by atoms with Gasteiger partial charge in [0, 0.05) is 44.0 Å². The van der Waals surface area contributed by atoms with Crippen LogP contribution in [0, 0.1) is 0 Å². The number of para-hydroxylation sites is 1. The van der Waals surface area contributed by atoms with Gasteiger partial charge in [0.05, 0.1) is 12.1 Å². The highest BCUT2D eigenvalue weighted by Crippen LogP contribution is 2.23. The minimum absolute atomic E-state index is 0.470. The standard InChI is InChI=1S/C16H19N5/c1-20-8-7-18-15(20)11-21(2)16-13(10-17)9-12-5-3-4-6-14(12)19-16/h3-9H,10-11,17H2,1-2H3. The summed E-state index contributed by atoms with van der Waals surface area (Å²) in [5.41, 5.74) is 7.92. The largest absolute Gasteiger partial charge is 0.352 e. The Morgan fingerprint density at radius 3 is 2.81 bits per heavy atom. The summed E-state index contributed by atoms with van der Waals surface area (Å²) in [6, 6.07) is 10.2. The summed E-state index contributed by atoms with van der Waals surface area (Å²) in [7, 11) is 4.01. The monoisotopic (exact) mass is 281 g/mol. The molecule has 0 amide bonds. The fraction of sp³-hybridized carbons (Fsp3) is 0.250. The van der Waals surface area contributed by atoms with E-state index in [0.29, 0.717) is 13.1 Å². The number of benzene rings is 1. The number of imidazole rings is 1. The molecule has 3 rings (SSSR count). The van der Waals surface area contributed by atoms with Crippen molar-refractivity contribution in [3.63, 3.8) is 0 Å². The Bertz CT molecular complexity index is 762. The van der Waals surface area contributed by atoms with Crippen LogP contribution in [0.5, 0.6) is 0 Å². The van der Waals surface area contributed by atoms with E-state index < -0.39 is 0 Å². The number of fused-ring (bicyclic) bond motifs is 1. The zero-order chi connectivity index (χ0) is 14.8. The first kappa shape index (κ1) is 13.6. The van der Waals surface area contributed by atoms with Crippen molar-refractivity contribution in [3.8, 4) is 0 Å². The van der Waals surface area contributed by atoms with Crippen molar-refractivity contribution in [2.24, 2.45) is 12.8 Å². The third-order valence-corrected chi connectivity index (χ3v) is 3.66. The summed E-state index contributed by atoms with van der Waals surface area (Å²) in [4.78, 5) is 11.2. The first-order chi connectivity index (χ1) is 10.2. The van der Waals surface area contributed by atoms with Crippen molar-refractivity contribution >= 4 is 16.7 Å². The number of nitrogens with two attached hydrogens (primary N) is 1. The van der Waals surface area contributed by atoms with Crippen LogP contribution in [0.15, 0.2) is 42.7 Å². The molecule has 0 saturated carbocycles. The molecule has 0 spiro atoms. The van der Waals surface area contributed by atoms with Crippen LogP contribution in [0.4, 0.5) is 5.82 Å². The average Bonchev–Trinajstić information content (AvgIpc) is 2.91. The molecule has 0 aliphatic carbocycles. The van der Waals surface area contributed by atoms with E-state index in [4.69, 9.17) is 10.7 Å². The molecule has 2 N–H and O–H groups in total. The Labute approximate surface area is 124 Å². The molecule has 0 aliphatic heterocycles. The average molecular weight is 281 g/mol. The maximum absolute atomic E-state index is 5.90. The highest BCUT2D eigenvalue weighted by atomic mass is 15.2. The summed E-state index contributed by atoms with van der Waals surface area (Å²) < 4.78 is 2.01. The minimum Gasteiger partial charge on any atom is -0.352 e. The Balaban J connectivity index is 2.00. The van der Waals surface area contributed by atoms with E-state index in [1.165, 1.54) is 0 Å². The van der Waals surface area contributed by atoms with E-state index in [1.807, 2.05) is 43.1 Å². The van der Waals surface area contributed by atoms with Crippen molar-refractivity contribution < 1.29 is 0 Å². The van der Waals surface area contributed by atoms with Crippen molar-refractivity contribution in [3.05, 3.63) is 54.1 Å². The van der Waals surface area contributed by atoms with Crippen LogP contribution in [0.2, 0.25) is 0 Å². The molecule has 0 atom stereocenters. The maximum atomic E-state index is 5.90. The Hall–Kier alpha value is -2.40. The Morgan fingerprint density at radius 2 is 2.10 bits per heavy atom. The minimum atomic E-state index is 0.470. The first-order valence-electron chi connectivity index (χ1n) is 6.95. The molecule has 5 nitrogen and oxygen atoms in total. The highest BCUT2D eigenvalue weighted by molar-refractivity contribution is 5.81. The van der Waals surface area contributed by atoms with Gasteiger partial charge in [-0.15, -0.1) is 0 Å². The van der Waals surface area contributed by atoms with Gasteiger partial charge >= 0.3 is 0 Å². The second-order valence-corrected chi connectivity index (χ2v) is 5.18. The van der Waals surface area contributed by atoms with E-state index in [9.17, 15) is 0 Å². The smallest absolute Gasteiger partial charge is 0.133 e. The predicted octanol–water partition coefficient (Wildman–Crippen LogP) is 2.06. The predicted molar refractivity (Wildman–Crippen MR) is 84.9 cm³/mol. The quantitative estimate of drug-likeness (QED) is 0.795. The number of anilines is 1. The van der Waals surface area contributed by atoms with Crippen molar-refractivity contribution in [2.75, 3.05) is 11.9 Å². The number of aryl methyl sites for hydroxylation is 1. The van der Waals surface area contributed by atoms with Gasteiger partial charge in [0.2, 0.25) is 0 Å². The van der Waals surface area contributed by atoms with E-state index in [2.05, 4.69) is 22.0 Å². The lowest BCUT2D eigenvalue weighted by Crippen LogP contribution is -2.22. The van der Waals surface area contributed by atoms with E-state index in [-0.39, 0.29) is 0 Å². The van der Waals surface area contributed by atoms with Gasteiger partial charge in [-0.1, -0.05) is 18.2 Å². The molecule has 0 fully saturated rings. The zero-order valence-corrected chi connectivity index (χ0v) is 12.3. The second kappa shape index (κ2) is 5.54. The Kier molecular flexibility index (Phi) is 3.58. The number of aromatic nitrogens is 3. The van der Waals surface area contributed by atoms with Crippen LogP contribution < -0.4 is 10.6 Å². The zero-order valence-electron chi connectivity index (χ0n) is 12.3. The van der Waals surface area contributed by atoms with Crippen LogP contribution in [0.25, 0.3) is 10.9 Å². The first-order valence-corrected chi connectivity index (χ1v) is 6.95. The van der Waals surface area contributed by atoms with E-state index in [0.717, 1.165) is 28.1 Å². The van der Waals surface area contributed by atoms with Gasteiger partial charge in [0.15, 0.2) is 0 Å². The van der Waals surface area contributed by atoms with Gasteiger partial charge in [-0.25, -0.2) is 9.97 Å². The van der Waals surface area contributed by atoms with Gasteiger partial charge in [0.25, 0.3) is 0 Å². The molecule has 2 heterocycles. The van der Waals surface area contributed by atoms with Gasteiger partial charge in [-0.05, 0) is 12.1 Å². The lowest BCUT2D eigenvalue weighted by Gasteiger charge is -2.21. The van der Waals surface area contributed by atoms with Crippen LogP contribution in [0.3, 0.4) is 0 Å². The molecule has 0 saturated heterocycles. The number of rotatable bonds is 4. The second-order valence-electron chi connectivity index (χ2n) is 5.18. The molecule has 1 aromatic carbocycles. The summed E-state index contributed by atoms with van der Waals surface area (Å²) in [6.45, 7) is 1.17. The van der Waals surface area contributed by atoms with Crippen molar-refractivity contribution in [1.82, 2.24) is 14.5 Å². The molecule has 3 aromatic rings. The van der Waals surface area contributed by atoms with Crippen LogP contribution in [-0.2, 0) is 20.1 Å². The molecule has 0 radical (unpaired) electrons. The lowest BCUT2D eigenvalue weighted by molar-refractivity contribution is 0.753. The van der Waals surface area contributed by atoms with Crippen LogP contribution >= 0.6 is 0 Å². The van der Waals surface area contributed by atoms with Crippen molar-refractivity contribution in [1.29, 1.82) is 0 Å². The maximum Gasteiger partial charge on any atom is 0.133 e. The van der Waals surface area contributed by atoms with Crippen LogP contribution in [-0.4, -0.2) is 21.6 Å². The van der Waals surface area contributed by atoms with E-state index >= 15 is 0 Å². The van der Waals surface area contributed by atoms with Crippen molar-refractivity contribution in [2.45, 2.75) is 13.1 Å². The Morgan fingerprint density at radius 1 is 1.29 bits per heavy atom. The molecule has 5 heteroatoms. The summed E-state index contributed by atoms with van der Waals surface area (Å²) in [6.07, 6.45) is 3.75. The topological polar surface area (TPSA) is 60.0 Å². The summed E-state index contributed by atoms with van der Waals surface area (Å²) >= 11 is 0. The molecule has 0 unspecified atom stereocenters. The third-order valence-electron chi connectivity index (χ3n) is 3.66. The molecular weight excluding hydrogens is 262 g/mol. The van der Waals surface area contributed by atoms with Gasteiger partial charge in [0.1, 0.15) is 11.6 Å². The molecule has 21 heavy (non-hydrogen) atoms. The SMILES string of the molecule is CN(Cc1nccn1C)c1nc2ccccc2cc1CN. The van der Waals surface area contributed by atoms with Gasteiger partial charge < -0.3 is 15.2 Å². The summed E-state index contributed by atoms with van der Waals surface area (Å²) in [5, 5.41) is 1.12. The number of nitrogens with zero attached hydrogens (tertiary/aromatic N) is 4. The lowest BCUT2D eigenvalue weighted by atomic mass is 10.1. The molecule has 2 aromatic heterocycles. The molecule has 0 aliphatic rings. The fourth-order valence-electron chi connectivity index (χ4n) is 2.47. The number of hydrogen-bond acceptors (Lipinski definition) is 4. The third kappa shape index (κ3) is 2.60. The highest BCUT2D eigenvalue weighted by Gasteiger charge is 2.12. The molecule has 108 valence electrons.